The van der Waals surface area contributed by atoms with Crippen LogP contribution in [0.15, 0.2) is 24.3 Å². The highest BCUT2D eigenvalue weighted by Gasteiger charge is 2.45. The molecule has 2 saturated carbocycles. The predicted octanol–water partition coefficient (Wildman–Crippen LogP) is -0.809. The highest BCUT2D eigenvalue weighted by molar-refractivity contribution is 7.98. The molecule has 0 aromatic heterocycles. The Morgan fingerprint density at radius 3 is 1.72 bits per heavy atom. The van der Waals surface area contributed by atoms with Crippen molar-refractivity contribution < 1.29 is 87.9 Å². The van der Waals surface area contributed by atoms with Crippen LogP contribution in [-0.4, -0.2) is 235 Å². The monoisotopic (exact) mass is 1550 g/mol. The molecular weight excluding hydrogens is 1440 g/mol. The van der Waals surface area contributed by atoms with E-state index in [0.29, 0.717) is 88.0 Å². The molecule has 16 atom stereocenters. The van der Waals surface area contributed by atoms with Crippen LogP contribution in [0.4, 0.5) is 0 Å². The number of benzene rings is 1. The quantitative estimate of drug-likeness (QED) is 0.108. The van der Waals surface area contributed by atoms with Crippen LogP contribution in [-0.2, 0) is 73.8 Å². The number of carboxylic acids is 1. The van der Waals surface area contributed by atoms with Crippen molar-refractivity contribution >= 4 is 100 Å². The standard InChI is InChI=1S/C74H118N14O18S2/c1-8-12-50-66(99)86-59(40(3)89)71(104)84-55(62(75)96)38-108-37-45-14-9-13-44(31-45)36-107-30-27-57(93)85-61(74(5,6)7)72(105)83-54(33-43-19-23-48(92)24-20-43)73(106)88-29-11-16-56(88)69(102)87-60(41(4)90)70(103)82-53(34-46-35-77-63-49(46)15-10-28-76-63)67(100)78-39(2)64(97)79-51(25-26-58(94)95)65(98)81-52(68(101)80-50)32-42-17-21-47(91)22-18-42/h9,13-14,31,39-43,46-56,59-61,63,76-77,89-92H,8,10-12,15-30,32-38H2,1-7H3,(H2,75,96)(H,78,100)(H,79,97)(H,80,101)(H,81,98)(H,82,103)(H,83,105)(H,84,104)(H,85,93)(H,86,99)(H,87,102)(H,94,95)/t39-,40+,41+,42?,43?,46?,47?,48?,49?,50-,51-,52-,53-,54-,55-,56-,59-,60-,61+,63?/m0/s1. The van der Waals surface area contributed by atoms with E-state index in [4.69, 9.17) is 5.73 Å². The fourth-order valence-corrected chi connectivity index (χ4v) is 17.1. The van der Waals surface area contributed by atoms with Gasteiger partial charge in [-0.2, -0.15) is 23.5 Å². The minimum absolute atomic E-state index is 0.00440. The maximum absolute atomic E-state index is 15.1. The van der Waals surface area contributed by atoms with Crippen molar-refractivity contribution in [1.82, 2.24) is 68.7 Å². The number of carboxylic acid groups (broad SMARTS) is 1. The van der Waals surface area contributed by atoms with E-state index < -0.39 is 186 Å². The number of nitrogens with one attached hydrogen (secondary N) is 12. The molecule has 604 valence electrons. The molecule has 0 radical (unpaired) electrons. The van der Waals surface area contributed by atoms with Gasteiger partial charge in [-0.25, -0.2) is 0 Å². The van der Waals surface area contributed by atoms with Gasteiger partial charge in [-0.15, -0.1) is 0 Å². The smallest absolute Gasteiger partial charge is 0.303 e. The number of amides is 12. The number of nitrogens with zero attached hydrogens (tertiary/aromatic N) is 1. The third-order valence-electron chi connectivity index (χ3n) is 21.5. The lowest BCUT2D eigenvalue weighted by atomic mass is 9.82. The van der Waals surface area contributed by atoms with Crippen LogP contribution in [0.3, 0.4) is 0 Å². The molecule has 1 aromatic rings. The Kier molecular flexibility index (Phi) is 34.4. The van der Waals surface area contributed by atoms with Gasteiger partial charge in [0, 0.05) is 42.4 Å². The van der Waals surface area contributed by atoms with Gasteiger partial charge in [0.1, 0.15) is 66.5 Å². The van der Waals surface area contributed by atoms with Crippen LogP contribution in [0.5, 0.6) is 0 Å². The largest absolute Gasteiger partial charge is 0.481 e. The summed E-state index contributed by atoms with van der Waals surface area (Å²) in [6, 6.07) is -8.06. The van der Waals surface area contributed by atoms with Crippen molar-refractivity contribution in [2.45, 2.75) is 285 Å². The summed E-state index contributed by atoms with van der Waals surface area (Å²) < 4.78 is 0. The summed E-state index contributed by atoms with van der Waals surface area (Å²) in [6.45, 7) is 12.1. The van der Waals surface area contributed by atoms with Crippen molar-refractivity contribution in [2.75, 3.05) is 31.1 Å². The first-order valence-corrected chi connectivity index (χ1v) is 40.8. The lowest BCUT2D eigenvalue weighted by Crippen LogP contribution is -2.62. The number of aliphatic hydroxyl groups excluding tert-OH is 4. The molecule has 32 nitrogen and oxygen atoms in total. The Morgan fingerprint density at radius 2 is 1.12 bits per heavy atom. The second-order valence-corrected chi connectivity index (χ2v) is 33.5. The number of primary amides is 1. The van der Waals surface area contributed by atoms with Gasteiger partial charge in [0.2, 0.25) is 70.9 Å². The number of carbonyl (C=O) groups excluding carboxylic acids is 12. The number of hydrogen-bond acceptors (Lipinski definition) is 21. The van der Waals surface area contributed by atoms with Crippen molar-refractivity contribution in [1.29, 1.82) is 0 Å². The Balaban J connectivity index is 1.19. The van der Waals surface area contributed by atoms with Crippen LogP contribution in [0.1, 0.15) is 188 Å². The summed E-state index contributed by atoms with van der Waals surface area (Å²) in [5, 5.41) is 86.7. The summed E-state index contributed by atoms with van der Waals surface area (Å²) in [6.07, 6.45) is 0.564. The van der Waals surface area contributed by atoms with E-state index in [1.807, 2.05) is 24.3 Å². The van der Waals surface area contributed by atoms with E-state index in [0.717, 1.165) is 30.5 Å². The topological polar surface area (TPSA) is 497 Å². The summed E-state index contributed by atoms with van der Waals surface area (Å²) in [5.41, 5.74) is 6.70. The normalized spacial score (nSPS) is 32.6. The van der Waals surface area contributed by atoms with Crippen molar-refractivity contribution in [3.8, 4) is 0 Å². The van der Waals surface area contributed by atoms with E-state index in [2.05, 4.69) is 63.8 Å². The Bertz CT molecular complexity index is 3280. The number of aliphatic hydroxyl groups is 4. The van der Waals surface area contributed by atoms with E-state index >= 15 is 4.79 Å². The average Bonchev–Trinajstić information content (AvgIpc) is 1.46. The number of nitrogens with two attached hydrogens (primary N) is 1. The number of fused-ring (bicyclic) bond motifs is 4. The van der Waals surface area contributed by atoms with Gasteiger partial charge in [0.05, 0.1) is 30.6 Å². The number of thioether (sulfide) groups is 2. The minimum Gasteiger partial charge on any atom is -0.481 e. The molecule has 19 N–H and O–H groups in total. The fraction of sp³-hybridized carbons (Fsp3) is 0.743. The Hall–Kier alpha value is -7.21. The third kappa shape index (κ3) is 26.8. The number of hydrogen-bond donors (Lipinski definition) is 18. The lowest BCUT2D eigenvalue weighted by molar-refractivity contribution is -0.144. The Labute approximate surface area is 640 Å². The van der Waals surface area contributed by atoms with Crippen LogP contribution < -0.4 is 69.5 Å². The molecule has 2 aliphatic carbocycles. The predicted molar refractivity (Wildman–Crippen MR) is 403 cm³/mol. The van der Waals surface area contributed by atoms with E-state index in [1.54, 1.807) is 27.7 Å². The van der Waals surface area contributed by atoms with Crippen LogP contribution >= 0.6 is 23.5 Å². The zero-order valence-corrected chi connectivity index (χ0v) is 65.0. The molecule has 4 heterocycles. The highest BCUT2D eigenvalue weighted by atomic mass is 32.2. The molecular formula is C74H118N14O18S2. The molecule has 4 aliphatic heterocycles. The number of piperidine rings is 1. The Morgan fingerprint density at radius 1 is 0.593 bits per heavy atom. The van der Waals surface area contributed by atoms with E-state index in [-0.39, 0.29) is 80.7 Å². The molecule has 3 saturated heterocycles. The second kappa shape index (κ2) is 42.3. The third-order valence-corrected chi connectivity index (χ3v) is 23.6. The number of aliphatic carboxylic acids is 1. The number of carbonyl (C=O) groups is 13. The molecule has 3 unspecified atom stereocenters. The SMILES string of the molecule is CCC[C@@H]1NC(=O)[C@H](CC2CCC(O)CC2)NC(=O)[C@H](CCC(=O)O)NC(=O)[C@H](C)NC(=O)[C@H](CC2CNC3NCCCC23)NC(=O)[C@H]([C@@H](C)O)NC(=O)[C@@H]2CCCN2C(=O)[C@H](CC2CCC(O)CC2)NC(=O)[C@H](C(C)(C)C)NC(=O)CCSCc2cccc(c2)CSC[C@@H](C(N)=O)NC(=O)[C@H]([C@@H](C)O)NC1=O. The lowest BCUT2D eigenvalue weighted by Gasteiger charge is -2.35. The molecule has 6 aliphatic rings. The van der Waals surface area contributed by atoms with Crippen LogP contribution in [0.25, 0.3) is 0 Å². The first-order valence-electron chi connectivity index (χ1n) is 38.5. The van der Waals surface area contributed by atoms with Gasteiger partial charge in [-0.05, 0) is 183 Å². The van der Waals surface area contributed by atoms with Gasteiger partial charge in [0.25, 0.3) is 0 Å². The molecule has 0 spiro atoms. The molecule has 2 bridgehead atoms. The van der Waals surface area contributed by atoms with Crippen molar-refractivity contribution in [3.63, 3.8) is 0 Å². The first-order chi connectivity index (χ1) is 51.2. The van der Waals surface area contributed by atoms with E-state index in [1.165, 1.54) is 49.2 Å². The summed E-state index contributed by atoms with van der Waals surface area (Å²) in [7, 11) is 0. The average molecular weight is 1560 g/mol. The fourth-order valence-electron chi connectivity index (χ4n) is 15.2. The summed E-state index contributed by atoms with van der Waals surface area (Å²) >= 11 is 2.75. The minimum atomic E-state index is -1.72. The molecule has 5 fully saturated rings. The van der Waals surface area contributed by atoms with Gasteiger partial charge in [-0.3, -0.25) is 62.3 Å². The second-order valence-electron chi connectivity index (χ2n) is 31.3. The molecule has 7 rings (SSSR count). The zero-order valence-electron chi connectivity index (χ0n) is 63.3. The molecule has 108 heavy (non-hydrogen) atoms. The summed E-state index contributed by atoms with van der Waals surface area (Å²) in [4.78, 5) is 186. The van der Waals surface area contributed by atoms with Gasteiger partial charge < -0.3 is 100.0 Å². The van der Waals surface area contributed by atoms with Crippen molar-refractivity contribution in [2.24, 2.45) is 34.8 Å². The summed E-state index contributed by atoms with van der Waals surface area (Å²) in [5.74, 6) is -10.8. The van der Waals surface area contributed by atoms with E-state index in [9.17, 15) is 83.1 Å². The maximum Gasteiger partial charge on any atom is 0.303 e. The van der Waals surface area contributed by atoms with Crippen LogP contribution in [0, 0.1) is 29.1 Å². The van der Waals surface area contributed by atoms with Gasteiger partial charge in [0.15, 0.2) is 0 Å². The maximum atomic E-state index is 15.1. The van der Waals surface area contributed by atoms with Gasteiger partial charge in [-0.1, -0.05) is 58.4 Å². The highest BCUT2D eigenvalue weighted by Crippen LogP contribution is 2.34. The first kappa shape index (κ1) is 88.0. The van der Waals surface area contributed by atoms with Gasteiger partial charge >= 0.3 is 5.97 Å². The molecule has 12 amide bonds. The number of rotatable bonds is 14. The zero-order chi connectivity index (χ0) is 79.1. The molecule has 34 heteroatoms. The van der Waals surface area contributed by atoms with Crippen LogP contribution in [0.2, 0.25) is 0 Å². The van der Waals surface area contributed by atoms with Crippen molar-refractivity contribution in [3.05, 3.63) is 35.4 Å². The molecule has 1 aromatic carbocycles.